The molecule has 0 aliphatic carbocycles. The second-order valence-corrected chi connectivity index (χ2v) is 6.25. The number of carbonyl (C=O) groups is 2. The third-order valence-corrected chi connectivity index (χ3v) is 4.37. The van der Waals surface area contributed by atoms with Gasteiger partial charge in [0.15, 0.2) is 5.76 Å². The number of thioether (sulfide) groups is 1. The van der Waals surface area contributed by atoms with Crippen LogP contribution in [-0.2, 0) is 6.42 Å². The van der Waals surface area contributed by atoms with Crippen LogP contribution < -0.4 is 0 Å². The minimum Gasteiger partial charge on any atom is -0.478 e. The van der Waals surface area contributed by atoms with E-state index in [2.05, 4.69) is 6.92 Å². The van der Waals surface area contributed by atoms with Gasteiger partial charge in [-0.1, -0.05) is 13.8 Å². The van der Waals surface area contributed by atoms with Crippen LogP contribution in [0.4, 0.5) is 0 Å². The fourth-order valence-corrected chi connectivity index (χ4v) is 2.74. The van der Waals surface area contributed by atoms with E-state index in [0.717, 1.165) is 17.9 Å². The Hall–Kier alpha value is -1.43. The Balaban J connectivity index is 2.80. The van der Waals surface area contributed by atoms with Crippen molar-refractivity contribution in [3.8, 4) is 0 Å². The van der Waals surface area contributed by atoms with Crippen molar-refractivity contribution in [2.24, 2.45) is 0 Å². The highest BCUT2D eigenvalue weighted by Crippen LogP contribution is 2.19. The van der Waals surface area contributed by atoms with E-state index in [1.54, 1.807) is 18.9 Å². The third kappa shape index (κ3) is 4.52. The van der Waals surface area contributed by atoms with Gasteiger partial charge in [0.25, 0.3) is 5.91 Å². The second kappa shape index (κ2) is 8.12. The van der Waals surface area contributed by atoms with E-state index in [1.165, 1.54) is 6.07 Å². The van der Waals surface area contributed by atoms with Crippen LogP contribution in [0.2, 0.25) is 0 Å². The summed E-state index contributed by atoms with van der Waals surface area (Å²) < 4.78 is 5.41. The summed E-state index contributed by atoms with van der Waals surface area (Å²) in [5, 5.41) is 9.10. The predicted molar refractivity (Wildman–Crippen MR) is 84.2 cm³/mol. The molecule has 1 heterocycles. The third-order valence-electron chi connectivity index (χ3n) is 3.44. The molecule has 21 heavy (non-hydrogen) atoms. The van der Waals surface area contributed by atoms with Crippen molar-refractivity contribution in [3.05, 3.63) is 23.2 Å². The van der Waals surface area contributed by atoms with Crippen LogP contribution in [0.25, 0.3) is 0 Å². The van der Waals surface area contributed by atoms with E-state index < -0.39 is 5.97 Å². The Bertz CT molecular complexity index is 498. The second-order valence-electron chi connectivity index (χ2n) is 4.86. The Kier molecular flexibility index (Phi) is 6.81. The largest absolute Gasteiger partial charge is 0.478 e. The van der Waals surface area contributed by atoms with E-state index in [-0.39, 0.29) is 23.3 Å². The summed E-state index contributed by atoms with van der Waals surface area (Å²) in [4.78, 5) is 25.1. The fourth-order valence-electron chi connectivity index (χ4n) is 1.94. The molecule has 1 aromatic rings. The molecular formula is C15H23NO4S. The van der Waals surface area contributed by atoms with E-state index in [0.29, 0.717) is 12.2 Å². The lowest BCUT2D eigenvalue weighted by atomic mass is 10.2. The number of rotatable bonds is 8. The van der Waals surface area contributed by atoms with Crippen molar-refractivity contribution in [2.45, 2.75) is 39.7 Å². The number of carbonyl (C=O) groups excluding carboxylic acids is 1. The minimum atomic E-state index is -1.07. The van der Waals surface area contributed by atoms with Crippen LogP contribution in [0.5, 0.6) is 0 Å². The van der Waals surface area contributed by atoms with Crippen LogP contribution in [0, 0.1) is 0 Å². The highest BCUT2D eigenvalue weighted by molar-refractivity contribution is 7.99. The van der Waals surface area contributed by atoms with Crippen LogP contribution in [-0.4, -0.2) is 46.5 Å². The van der Waals surface area contributed by atoms with Crippen molar-refractivity contribution in [1.82, 2.24) is 4.90 Å². The summed E-state index contributed by atoms with van der Waals surface area (Å²) in [6, 6.07) is 1.41. The average molecular weight is 313 g/mol. The maximum absolute atomic E-state index is 12.4. The molecule has 6 heteroatoms. The molecule has 0 saturated heterocycles. The molecule has 0 aliphatic rings. The lowest BCUT2D eigenvalue weighted by Crippen LogP contribution is -2.35. The molecule has 0 bridgehead atoms. The minimum absolute atomic E-state index is 0.0726. The van der Waals surface area contributed by atoms with Gasteiger partial charge in [0.1, 0.15) is 11.3 Å². The molecule has 0 saturated carbocycles. The molecule has 5 nitrogen and oxygen atoms in total. The first kappa shape index (κ1) is 17.6. The molecule has 0 fully saturated rings. The van der Waals surface area contributed by atoms with Crippen LogP contribution in [0.15, 0.2) is 10.5 Å². The summed E-state index contributed by atoms with van der Waals surface area (Å²) in [7, 11) is 1.72. The smallest absolute Gasteiger partial charge is 0.339 e. The van der Waals surface area contributed by atoms with Gasteiger partial charge >= 0.3 is 5.97 Å². The van der Waals surface area contributed by atoms with Gasteiger partial charge in [-0.25, -0.2) is 4.79 Å². The summed E-state index contributed by atoms with van der Waals surface area (Å²) in [6.45, 7) is 5.89. The summed E-state index contributed by atoms with van der Waals surface area (Å²) in [5.74, 6) is 1.16. The maximum atomic E-state index is 12.4. The number of hydrogen-bond acceptors (Lipinski definition) is 4. The van der Waals surface area contributed by atoms with Crippen molar-refractivity contribution in [2.75, 3.05) is 18.6 Å². The standard InChI is InChI=1S/C15H23NO4S/c1-5-12-11(15(18)19)9-13(20-12)14(17)16(4)10(3)7-8-21-6-2/h9-10H,5-8H2,1-4H3,(H,18,19). The van der Waals surface area contributed by atoms with Crippen LogP contribution in [0.3, 0.4) is 0 Å². The highest BCUT2D eigenvalue weighted by atomic mass is 32.2. The molecule has 1 atom stereocenters. The summed E-state index contributed by atoms with van der Waals surface area (Å²) in [6.07, 6.45) is 1.34. The molecule has 1 amide bonds. The van der Waals surface area contributed by atoms with E-state index in [4.69, 9.17) is 9.52 Å². The van der Waals surface area contributed by atoms with Gasteiger partial charge < -0.3 is 14.4 Å². The first-order chi connectivity index (χ1) is 9.92. The predicted octanol–water partition coefficient (Wildman–Crippen LogP) is 3.14. The number of nitrogens with zero attached hydrogens (tertiary/aromatic N) is 1. The van der Waals surface area contributed by atoms with Gasteiger partial charge in [-0.15, -0.1) is 0 Å². The molecule has 1 N–H and O–H groups in total. The summed E-state index contributed by atoms with van der Waals surface area (Å²) >= 11 is 1.84. The molecule has 1 unspecified atom stereocenters. The first-order valence-corrected chi connectivity index (χ1v) is 8.28. The molecule has 0 aliphatic heterocycles. The Labute approximate surface area is 129 Å². The van der Waals surface area contributed by atoms with E-state index in [1.807, 2.05) is 18.7 Å². The van der Waals surface area contributed by atoms with E-state index in [9.17, 15) is 9.59 Å². The van der Waals surface area contributed by atoms with E-state index >= 15 is 0 Å². The zero-order chi connectivity index (χ0) is 16.0. The molecule has 118 valence electrons. The molecule has 0 radical (unpaired) electrons. The van der Waals surface area contributed by atoms with Crippen LogP contribution >= 0.6 is 11.8 Å². The number of aryl methyl sites for hydroxylation is 1. The van der Waals surface area contributed by atoms with Crippen molar-refractivity contribution in [3.63, 3.8) is 0 Å². The maximum Gasteiger partial charge on any atom is 0.339 e. The molecule has 0 aromatic carbocycles. The Morgan fingerprint density at radius 3 is 2.57 bits per heavy atom. The number of hydrogen-bond donors (Lipinski definition) is 1. The highest BCUT2D eigenvalue weighted by Gasteiger charge is 2.24. The monoisotopic (exact) mass is 313 g/mol. The topological polar surface area (TPSA) is 70.8 Å². The van der Waals surface area contributed by atoms with Crippen molar-refractivity contribution < 1.29 is 19.1 Å². The molecular weight excluding hydrogens is 290 g/mol. The van der Waals surface area contributed by atoms with Crippen molar-refractivity contribution >= 4 is 23.6 Å². The fraction of sp³-hybridized carbons (Fsp3) is 0.600. The number of carboxylic acids is 1. The number of carboxylic acid groups (broad SMARTS) is 1. The van der Waals surface area contributed by atoms with Crippen molar-refractivity contribution in [1.29, 1.82) is 0 Å². The van der Waals surface area contributed by atoms with Gasteiger partial charge in [0.2, 0.25) is 0 Å². The normalized spacial score (nSPS) is 12.2. The quantitative estimate of drug-likeness (QED) is 0.747. The lowest BCUT2D eigenvalue weighted by Gasteiger charge is -2.23. The number of aromatic carboxylic acids is 1. The molecule has 1 aromatic heterocycles. The van der Waals surface area contributed by atoms with Crippen LogP contribution in [0.1, 0.15) is 53.9 Å². The molecule has 0 spiro atoms. The van der Waals surface area contributed by atoms with Gasteiger partial charge in [-0.3, -0.25) is 4.79 Å². The zero-order valence-electron chi connectivity index (χ0n) is 13.0. The lowest BCUT2D eigenvalue weighted by molar-refractivity contribution is 0.0688. The number of amides is 1. The zero-order valence-corrected chi connectivity index (χ0v) is 13.8. The summed E-state index contributed by atoms with van der Waals surface area (Å²) in [5.41, 5.74) is 0.0726. The van der Waals surface area contributed by atoms with Gasteiger partial charge in [0.05, 0.1) is 0 Å². The Morgan fingerprint density at radius 2 is 2.10 bits per heavy atom. The first-order valence-electron chi connectivity index (χ1n) is 7.13. The SMILES string of the molecule is CCSCCC(C)N(C)C(=O)c1cc(C(=O)O)c(CC)o1. The van der Waals surface area contributed by atoms with Gasteiger partial charge in [0, 0.05) is 25.6 Å². The number of furan rings is 1. The average Bonchev–Trinajstić information content (AvgIpc) is 2.90. The van der Waals surface area contributed by atoms with Gasteiger partial charge in [-0.05, 0) is 24.9 Å². The molecule has 1 rings (SSSR count). The Morgan fingerprint density at radius 1 is 1.43 bits per heavy atom. The van der Waals surface area contributed by atoms with Gasteiger partial charge in [-0.2, -0.15) is 11.8 Å².